The fourth-order valence-electron chi connectivity index (χ4n) is 3.10. The number of nitrogens with zero attached hydrogens (tertiary/aromatic N) is 1. The van der Waals surface area contributed by atoms with Gasteiger partial charge in [-0.25, -0.2) is 0 Å². The van der Waals surface area contributed by atoms with Crippen LogP contribution in [0.1, 0.15) is 6.42 Å². The molecule has 1 aliphatic heterocycles. The Kier molecular flexibility index (Phi) is 5.49. The second-order valence-corrected chi connectivity index (χ2v) is 6.42. The van der Waals surface area contributed by atoms with E-state index in [9.17, 15) is 5.11 Å². The summed E-state index contributed by atoms with van der Waals surface area (Å²) in [5, 5.41) is 12.5. The first-order valence-electron chi connectivity index (χ1n) is 8.26. The van der Waals surface area contributed by atoms with Crippen LogP contribution in [-0.2, 0) is 4.74 Å². The lowest BCUT2D eigenvalue weighted by atomic mass is 10.1. The van der Waals surface area contributed by atoms with E-state index in [4.69, 9.17) is 9.47 Å². The molecule has 2 atom stereocenters. The lowest BCUT2D eigenvalue weighted by molar-refractivity contribution is 0.0706. The Morgan fingerprint density at radius 3 is 2.87 bits per heavy atom. The quantitative estimate of drug-likeness (QED) is 0.852. The lowest BCUT2D eigenvalue weighted by Crippen LogP contribution is -2.36. The molecule has 3 rings (SSSR count). The minimum atomic E-state index is -0.492. The van der Waals surface area contributed by atoms with Crippen molar-refractivity contribution in [1.82, 2.24) is 4.90 Å². The van der Waals surface area contributed by atoms with Crippen LogP contribution in [0, 0.1) is 5.92 Å². The van der Waals surface area contributed by atoms with Crippen LogP contribution < -0.4 is 4.74 Å². The zero-order valence-electron chi connectivity index (χ0n) is 13.6. The Balaban J connectivity index is 1.46. The molecule has 1 fully saturated rings. The van der Waals surface area contributed by atoms with Crippen LogP contribution in [0.5, 0.6) is 5.75 Å². The average molecular weight is 315 g/mol. The summed E-state index contributed by atoms with van der Waals surface area (Å²) in [6.07, 6.45) is 0.627. The largest absolute Gasteiger partial charge is 0.491 e. The number of hydrogen-bond donors (Lipinski definition) is 1. The molecule has 1 saturated heterocycles. The maximum Gasteiger partial charge on any atom is 0.120 e. The van der Waals surface area contributed by atoms with Gasteiger partial charge in [-0.2, -0.15) is 0 Å². The molecule has 0 aliphatic carbocycles. The van der Waals surface area contributed by atoms with Crippen molar-refractivity contribution in [3.63, 3.8) is 0 Å². The maximum absolute atomic E-state index is 10.2. The Morgan fingerprint density at radius 1 is 1.26 bits per heavy atom. The molecule has 0 spiro atoms. The minimum Gasteiger partial charge on any atom is -0.491 e. The number of rotatable bonds is 7. The van der Waals surface area contributed by atoms with Gasteiger partial charge in [-0.3, -0.25) is 0 Å². The summed E-state index contributed by atoms with van der Waals surface area (Å²) in [4.78, 5) is 2.16. The molecule has 4 heteroatoms. The van der Waals surface area contributed by atoms with Gasteiger partial charge in [0, 0.05) is 19.7 Å². The second kappa shape index (κ2) is 7.77. The summed E-state index contributed by atoms with van der Waals surface area (Å²) in [6, 6.07) is 14.2. The first-order valence-corrected chi connectivity index (χ1v) is 8.26. The van der Waals surface area contributed by atoms with Gasteiger partial charge in [0.2, 0.25) is 0 Å². The molecule has 0 bridgehead atoms. The molecule has 0 saturated carbocycles. The number of aliphatic hydroxyl groups excluding tert-OH is 1. The summed E-state index contributed by atoms with van der Waals surface area (Å²) >= 11 is 0. The van der Waals surface area contributed by atoms with Gasteiger partial charge in [0.05, 0.1) is 6.61 Å². The SMILES string of the molecule is CN(CC(O)COc1ccc2ccccc2c1)CC1CCOC1. The number of hydrogen-bond acceptors (Lipinski definition) is 4. The highest BCUT2D eigenvalue weighted by Crippen LogP contribution is 2.20. The molecular formula is C19H25NO3. The van der Waals surface area contributed by atoms with E-state index < -0.39 is 6.10 Å². The fourth-order valence-corrected chi connectivity index (χ4v) is 3.10. The topological polar surface area (TPSA) is 41.9 Å². The number of ether oxygens (including phenoxy) is 2. The van der Waals surface area contributed by atoms with Crippen LogP contribution in [0.3, 0.4) is 0 Å². The van der Waals surface area contributed by atoms with Crippen molar-refractivity contribution in [3.8, 4) is 5.75 Å². The number of fused-ring (bicyclic) bond motifs is 1. The highest BCUT2D eigenvalue weighted by molar-refractivity contribution is 5.83. The first kappa shape index (κ1) is 16.2. The first-order chi connectivity index (χ1) is 11.2. The zero-order chi connectivity index (χ0) is 16.1. The summed E-state index contributed by atoms with van der Waals surface area (Å²) < 4.78 is 11.1. The molecule has 2 unspecified atom stereocenters. The zero-order valence-corrected chi connectivity index (χ0v) is 13.6. The van der Waals surface area contributed by atoms with Crippen LogP contribution in [0.25, 0.3) is 10.8 Å². The maximum atomic E-state index is 10.2. The van der Waals surface area contributed by atoms with E-state index in [0.29, 0.717) is 19.1 Å². The summed E-state index contributed by atoms with van der Waals surface area (Å²) in [5.74, 6) is 1.39. The Bertz CT molecular complexity index is 625. The number of aliphatic hydroxyl groups is 1. The van der Waals surface area contributed by atoms with Gasteiger partial charge in [0.25, 0.3) is 0 Å². The molecule has 0 aromatic heterocycles. The van der Waals surface area contributed by atoms with E-state index in [-0.39, 0.29) is 0 Å². The van der Waals surface area contributed by atoms with Crippen molar-refractivity contribution in [2.45, 2.75) is 12.5 Å². The predicted molar refractivity (Wildman–Crippen MR) is 91.9 cm³/mol. The second-order valence-electron chi connectivity index (χ2n) is 6.42. The third-order valence-corrected chi connectivity index (χ3v) is 4.28. The van der Waals surface area contributed by atoms with Crippen LogP contribution in [0.4, 0.5) is 0 Å². The van der Waals surface area contributed by atoms with Gasteiger partial charge in [-0.15, -0.1) is 0 Å². The van der Waals surface area contributed by atoms with E-state index in [0.717, 1.165) is 37.3 Å². The van der Waals surface area contributed by atoms with Gasteiger partial charge in [0.1, 0.15) is 18.5 Å². The molecule has 2 aromatic carbocycles. The van der Waals surface area contributed by atoms with Gasteiger partial charge >= 0.3 is 0 Å². The van der Waals surface area contributed by atoms with Gasteiger partial charge in [-0.05, 0) is 42.3 Å². The monoisotopic (exact) mass is 315 g/mol. The van der Waals surface area contributed by atoms with E-state index in [1.165, 1.54) is 5.39 Å². The van der Waals surface area contributed by atoms with E-state index >= 15 is 0 Å². The number of likely N-dealkylation sites (N-methyl/N-ethyl adjacent to an activating group) is 1. The normalized spacial score (nSPS) is 19.3. The molecular weight excluding hydrogens is 290 g/mol. The van der Waals surface area contributed by atoms with Crippen molar-refractivity contribution in [3.05, 3.63) is 42.5 Å². The molecule has 0 amide bonds. The van der Waals surface area contributed by atoms with Gasteiger partial charge in [-0.1, -0.05) is 30.3 Å². The van der Waals surface area contributed by atoms with Gasteiger partial charge < -0.3 is 19.5 Å². The van der Waals surface area contributed by atoms with E-state index in [1.54, 1.807) is 0 Å². The Labute approximate surface area is 137 Å². The summed E-state index contributed by atoms with van der Waals surface area (Å²) in [5.41, 5.74) is 0. The molecule has 124 valence electrons. The molecule has 23 heavy (non-hydrogen) atoms. The van der Waals surface area contributed by atoms with Gasteiger partial charge in [0.15, 0.2) is 0 Å². The third-order valence-electron chi connectivity index (χ3n) is 4.28. The van der Waals surface area contributed by atoms with Crippen LogP contribution in [-0.4, -0.2) is 56.1 Å². The highest BCUT2D eigenvalue weighted by atomic mass is 16.5. The van der Waals surface area contributed by atoms with Crippen molar-refractivity contribution in [2.24, 2.45) is 5.92 Å². The van der Waals surface area contributed by atoms with Crippen molar-refractivity contribution in [2.75, 3.05) is 40.0 Å². The minimum absolute atomic E-state index is 0.309. The fraction of sp³-hybridized carbons (Fsp3) is 0.474. The van der Waals surface area contributed by atoms with E-state index in [1.807, 2.05) is 37.4 Å². The molecule has 1 N–H and O–H groups in total. The van der Waals surface area contributed by atoms with Crippen molar-refractivity contribution in [1.29, 1.82) is 0 Å². The predicted octanol–water partition coefficient (Wildman–Crippen LogP) is 2.55. The van der Waals surface area contributed by atoms with Crippen LogP contribution in [0.15, 0.2) is 42.5 Å². The summed E-state index contributed by atoms with van der Waals surface area (Å²) in [6.45, 7) is 3.60. The standard InChI is InChI=1S/C19H25NO3/c1-20(11-15-8-9-22-13-15)12-18(21)14-23-19-7-6-16-4-2-3-5-17(16)10-19/h2-7,10,15,18,21H,8-9,11-14H2,1H3. The molecule has 1 aliphatic rings. The Morgan fingerprint density at radius 2 is 2.09 bits per heavy atom. The smallest absolute Gasteiger partial charge is 0.120 e. The molecule has 2 aromatic rings. The van der Waals surface area contributed by atoms with Crippen LogP contribution >= 0.6 is 0 Å². The number of benzene rings is 2. The molecule has 1 heterocycles. The highest BCUT2D eigenvalue weighted by Gasteiger charge is 2.19. The molecule has 0 radical (unpaired) electrons. The van der Waals surface area contributed by atoms with Crippen LogP contribution in [0.2, 0.25) is 0 Å². The summed E-state index contributed by atoms with van der Waals surface area (Å²) in [7, 11) is 2.04. The molecule has 4 nitrogen and oxygen atoms in total. The van der Waals surface area contributed by atoms with Crippen molar-refractivity contribution < 1.29 is 14.6 Å². The lowest BCUT2D eigenvalue weighted by Gasteiger charge is -2.23. The van der Waals surface area contributed by atoms with E-state index in [2.05, 4.69) is 17.0 Å². The Hall–Kier alpha value is -1.62. The van der Waals surface area contributed by atoms with Crippen molar-refractivity contribution >= 4 is 10.8 Å². The third kappa shape index (κ3) is 4.67. The average Bonchev–Trinajstić information content (AvgIpc) is 3.05.